The third-order valence-corrected chi connectivity index (χ3v) is 11.8. The molecule has 3 nitrogen and oxygen atoms in total. The number of rotatable bonds is 29. The fourth-order valence-corrected chi connectivity index (χ4v) is 8.17. The van der Waals surface area contributed by atoms with Crippen molar-refractivity contribution in [3.05, 3.63) is 0 Å². The molecule has 0 aromatic rings. The van der Waals surface area contributed by atoms with Crippen LogP contribution in [0.1, 0.15) is 188 Å². The summed E-state index contributed by atoms with van der Waals surface area (Å²) in [4.78, 5) is 0. The van der Waals surface area contributed by atoms with Gasteiger partial charge in [0.2, 0.25) is 0 Å². The van der Waals surface area contributed by atoms with Gasteiger partial charge in [0.15, 0.2) is 0 Å². The van der Waals surface area contributed by atoms with E-state index in [-0.39, 0.29) is 5.75 Å². The molecule has 0 rings (SSSR count). The molecule has 0 unspecified atom stereocenters. The van der Waals surface area contributed by atoms with Crippen molar-refractivity contribution in [1.82, 2.24) is 0 Å². The summed E-state index contributed by atoms with van der Waals surface area (Å²) in [5.74, 6) is -0.189. The van der Waals surface area contributed by atoms with Crippen LogP contribution < -0.4 is 0 Å². The molecule has 0 saturated heterocycles. The van der Waals surface area contributed by atoms with Gasteiger partial charge in [0.1, 0.15) is 0 Å². The fourth-order valence-electron chi connectivity index (χ4n) is 5.23. The van der Waals surface area contributed by atoms with E-state index in [1.54, 1.807) is 12.3 Å². The fraction of sp³-hybridized carbons (Fsp3) is 1.00. The molecule has 0 aliphatic heterocycles. The minimum Gasteiger partial charge on any atom is -0.748 e. The van der Waals surface area contributed by atoms with Crippen molar-refractivity contribution in [3.63, 3.8) is 0 Å². The van der Waals surface area contributed by atoms with Crippen LogP contribution in [0.4, 0.5) is 0 Å². The van der Waals surface area contributed by atoms with Crippen LogP contribution in [0.25, 0.3) is 0 Å². The average molecular weight is 593 g/mol. The van der Waals surface area contributed by atoms with Gasteiger partial charge in [0.05, 0.1) is 22.4 Å². The number of hydrogen-bond acceptors (Lipinski definition) is 3. The first-order valence-electron chi connectivity index (χ1n) is 17.4. The van der Waals surface area contributed by atoms with Gasteiger partial charge < -0.3 is 4.55 Å². The molecule has 0 bridgehead atoms. The highest BCUT2D eigenvalue weighted by Crippen LogP contribution is 2.52. The molecule has 0 amide bonds. The van der Waals surface area contributed by atoms with Gasteiger partial charge in [0, 0.05) is 26.3 Å². The Balaban J connectivity index is 0. The maximum atomic E-state index is 10.4. The SMILES string of the molecule is CCCCCCCCCCCCCCCCS(=O)(=O)[O-].CCCCCCCC[P+](C)(C)CCCCCCCC. The molecule has 0 aromatic heterocycles. The molecule has 0 N–H and O–H groups in total. The van der Waals surface area contributed by atoms with Crippen LogP contribution in [0.3, 0.4) is 0 Å². The molecule has 0 heterocycles. The summed E-state index contributed by atoms with van der Waals surface area (Å²) in [5, 5.41) is 0. The van der Waals surface area contributed by atoms with E-state index in [0.717, 1.165) is 12.8 Å². The minimum absolute atomic E-state index is 0.189. The van der Waals surface area contributed by atoms with Crippen LogP contribution in [-0.4, -0.2) is 44.4 Å². The Hall–Kier alpha value is 0.340. The van der Waals surface area contributed by atoms with E-state index in [9.17, 15) is 13.0 Å². The molecule has 39 heavy (non-hydrogen) atoms. The summed E-state index contributed by atoms with van der Waals surface area (Å²) < 4.78 is 31.2. The van der Waals surface area contributed by atoms with Crippen molar-refractivity contribution in [3.8, 4) is 0 Å². The summed E-state index contributed by atoms with van der Waals surface area (Å²) in [7, 11) is -4.54. The monoisotopic (exact) mass is 593 g/mol. The highest BCUT2D eigenvalue weighted by atomic mass is 32.2. The lowest BCUT2D eigenvalue weighted by Crippen LogP contribution is -2.03. The first-order valence-corrected chi connectivity index (χ1v) is 22.1. The second kappa shape index (κ2) is 31.3. The maximum Gasteiger partial charge on any atom is 0.0945 e. The first kappa shape index (κ1) is 41.5. The van der Waals surface area contributed by atoms with E-state index in [2.05, 4.69) is 34.1 Å². The van der Waals surface area contributed by atoms with Gasteiger partial charge in [-0.25, -0.2) is 8.42 Å². The molecular formula is C34H73O3PS. The van der Waals surface area contributed by atoms with Crippen molar-refractivity contribution in [2.45, 2.75) is 188 Å². The molecule has 0 aromatic carbocycles. The third kappa shape index (κ3) is 40.5. The Morgan fingerprint density at radius 3 is 0.897 bits per heavy atom. The summed E-state index contributed by atoms with van der Waals surface area (Å²) in [6.07, 6.45) is 37.7. The standard InChI is InChI=1S/C18H40P.C16H34O3S/c1-5-7-9-11-13-15-17-19(3,4)18-16-14-12-10-8-6-2;1-2-3-4-5-6-7-8-9-10-11-12-13-14-15-16-20(17,18)19/h5-18H2,1-4H3;2-16H2,1H3,(H,17,18,19)/q+1;/p-1. The molecule has 0 radical (unpaired) electrons. The summed E-state index contributed by atoms with van der Waals surface area (Å²) in [6, 6.07) is 0. The van der Waals surface area contributed by atoms with Crippen LogP contribution >= 0.6 is 7.26 Å². The Morgan fingerprint density at radius 1 is 0.410 bits per heavy atom. The number of unbranched alkanes of at least 4 members (excludes halogenated alkanes) is 23. The zero-order valence-corrected chi connectivity index (χ0v) is 29.3. The highest BCUT2D eigenvalue weighted by Gasteiger charge is 2.23. The van der Waals surface area contributed by atoms with Crippen LogP contribution in [0.5, 0.6) is 0 Å². The molecule has 238 valence electrons. The predicted octanol–water partition coefficient (Wildman–Crippen LogP) is 12.0. The lowest BCUT2D eigenvalue weighted by atomic mass is 10.0. The third-order valence-electron chi connectivity index (χ3n) is 7.98. The average Bonchev–Trinajstić information content (AvgIpc) is 2.88. The van der Waals surface area contributed by atoms with Crippen molar-refractivity contribution in [1.29, 1.82) is 0 Å². The molecule has 0 fully saturated rings. The second-order valence-corrected chi connectivity index (χ2v) is 19.1. The van der Waals surface area contributed by atoms with Crippen LogP contribution in [-0.2, 0) is 10.1 Å². The Bertz CT molecular complexity index is 545. The van der Waals surface area contributed by atoms with E-state index in [0.29, 0.717) is 6.42 Å². The zero-order chi connectivity index (χ0) is 29.5. The van der Waals surface area contributed by atoms with E-state index in [4.69, 9.17) is 0 Å². The van der Waals surface area contributed by atoms with Crippen LogP contribution in [0.2, 0.25) is 0 Å². The topological polar surface area (TPSA) is 57.2 Å². The molecule has 5 heteroatoms. The Morgan fingerprint density at radius 2 is 0.641 bits per heavy atom. The largest absolute Gasteiger partial charge is 0.748 e. The lowest BCUT2D eigenvalue weighted by molar-refractivity contribution is 0.459. The van der Waals surface area contributed by atoms with E-state index >= 15 is 0 Å². The van der Waals surface area contributed by atoms with Crippen molar-refractivity contribution >= 4 is 17.4 Å². The van der Waals surface area contributed by atoms with Gasteiger partial charge in [-0.1, -0.05) is 156 Å². The zero-order valence-electron chi connectivity index (χ0n) is 27.6. The molecule has 0 saturated carbocycles. The molecule has 0 aliphatic carbocycles. The molecule has 0 spiro atoms. The van der Waals surface area contributed by atoms with E-state index in [1.807, 2.05) is 0 Å². The smallest absolute Gasteiger partial charge is 0.0945 e. The summed E-state index contributed by atoms with van der Waals surface area (Å²) in [6.45, 7) is 12.0. The summed E-state index contributed by atoms with van der Waals surface area (Å²) >= 11 is 0. The van der Waals surface area contributed by atoms with Gasteiger partial charge >= 0.3 is 0 Å². The van der Waals surface area contributed by atoms with Crippen LogP contribution in [0, 0.1) is 0 Å². The predicted molar refractivity (Wildman–Crippen MR) is 180 cm³/mol. The second-order valence-electron chi connectivity index (χ2n) is 12.8. The highest BCUT2D eigenvalue weighted by molar-refractivity contribution is 7.85. The maximum absolute atomic E-state index is 10.4. The van der Waals surface area contributed by atoms with Gasteiger partial charge in [-0.2, -0.15) is 0 Å². The van der Waals surface area contributed by atoms with Crippen LogP contribution in [0.15, 0.2) is 0 Å². The van der Waals surface area contributed by atoms with Crippen molar-refractivity contribution in [2.24, 2.45) is 0 Å². The number of hydrogen-bond donors (Lipinski definition) is 0. The summed E-state index contributed by atoms with van der Waals surface area (Å²) in [5.41, 5.74) is 0. The van der Waals surface area contributed by atoms with Crippen molar-refractivity contribution in [2.75, 3.05) is 31.4 Å². The van der Waals surface area contributed by atoms with Gasteiger partial charge in [-0.3, -0.25) is 0 Å². The first-order chi connectivity index (χ1) is 18.7. The molecule has 0 atom stereocenters. The Labute approximate surface area is 249 Å². The normalized spacial score (nSPS) is 11.9. The van der Waals surface area contributed by atoms with E-state index in [1.165, 1.54) is 148 Å². The minimum atomic E-state index is -3.99. The molecule has 0 aliphatic rings. The van der Waals surface area contributed by atoms with Gasteiger partial charge in [-0.05, 0) is 32.1 Å². The van der Waals surface area contributed by atoms with Gasteiger partial charge in [-0.15, -0.1) is 0 Å². The lowest BCUT2D eigenvalue weighted by Gasteiger charge is -2.18. The quantitative estimate of drug-likeness (QED) is 0.0493. The van der Waals surface area contributed by atoms with Gasteiger partial charge in [0.25, 0.3) is 0 Å². The Kier molecular flexibility index (Phi) is 33.3. The van der Waals surface area contributed by atoms with Crippen molar-refractivity contribution < 1.29 is 13.0 Å². The molecular weight excluding hydrogens is 519 g/mol. The van der Waals surface area contributed by atoms with E-state index < -0.39 is 17.4 Å².